The maximum atomic E-state index is 12.5. The summed E-state index contributed by atoms with van der Waals surface area (Å²) in [6.07, 6.45) is -1.49. The highest BCUT2D eigenvalue weighted by Crippen LogP contribution is 2.28. The van der Waals surface area contributed by atoms with Crippen molar-refractivity contribution in [1.82, 2.24) is 0 Å². The third-order valence-corrected chi connectivity index (χ3v) is 4.90. The van der Waals surface area contributed by atoms with Crippen molar-refractivity contribution in [2.75, 3.05) is 24.9 Å². The van der Waals surface area contributed by atoms with Crippen LogP contribution in [0.5, 0.6) is 23.0 Å². The molecule has 0 unspecified atom stereocenters. The van der Waals surface area contributed by atoms with Crippen LogP contribution in [0.1, 0.15) is 13.8 Å². The van der Waals surface area contributed by atoms with Gasteiger partial charge in [-0.2, -0.15) is 0 Å². The average molecular weight is 465 g/mol. The second-order valence-electron chi connectivity index (χ2n) is 7.38. The molecular weight excluding hydrogens is 436 g/mol. The van der Waals surface area contributed by atoms with Crippen LogP contribution >= 0.6 is 0 Å². The molecule has 0 aliphatic carbocycles. The maximum absolute atomic E-state index is 12.5. The monoisotopic (exact) mass is 464 g/mol. The van der Waals surface area contributed by atoms with E-state index in [2.05, 4.69) is 10.6 Å². The Labute approximate surface area is 198 Å². The standard InChI is InChI=1S/C26H28N2O6/c1-17(33-23-11-7-5-9-21(23)31-3)25(29)27-19-13-15-20(16-14-19)28-26(30)18(2)34-24-12-8-6-10-22(24)32-4/h5-18H,1-4H3,(H,27,29)(H,28,30)/t17-,18-/m1/s1. The van der Waals surface area contributed by atoms with Crippen LogP contribution in [0.3, 0.4) is 0 Å². The van der Waals surface area contributed by atoms with Gasteiger partial charge < -0.3 is 29.6 Å². The molecular formula is C26H28N2O6. The van der Waals surface area contributed by atoms with E-state index in [1.54, 1.807) is 88.7 Å². The molecule has 2 amide bonds. The van der Waals surface area contributed by atoms with Crippen molar-refractivity contribution in [1.29, 1.82) is 0 Å². The fourth-order valence-electron chi connectivity index (χ4n) is 3.04. The van der Waals surface area contributed by atoms with Gasteiger partial charge in [0.1, 0.15) is 0 Å². The Morgan fingerprint density at radius 3 is 1.24 bits per heavy atom. The summed E-state index contributed by atoms with van der Waals surface area (Å²) in [7, 11) is 3.08. The number of nitrogens with one attached hydrogen (secondary N) is 2. The Hall–Kier alpha value is -4.20. The first kappa shape index (κ1) is 24.4. The SMILES string of the molecule is COc1ccccc1O[C@H](C)C(=O)Nc1ccc(NC(=O)[C@@H](C)Oc2ccccc2OC)cc1. The highest BCUT2D eigenvalue weighted by molar-refractivity contribution is 5.96. The van der Waals surface area contributed by atoms with Gasteiger partial charge in [0.05, 0.1) is 14.2 Å². The summed E-state index contributed by atoms with van der Waals surface area (Å²) >= 11 is 0. The maximum Gasteiger partial charge on any atom is 0.265 e. The third-order valence-electron chi connectivity index (χ3n) is 4.90. The number of hydrogen-bond donors (Lipinski definition) is 2. The van der Waals surface area contributed by atoms with Gasteiger partial charge in [0.15, 0.2) is 35.2 Å². The summed E-state index contributed by atoms with van der Waals surface area (Å²) in [5, 5.41) is 5.58. The van der Waals surface area contributed by atoms with E-state index >= 15 is 0 Å². The zero-order valence-corrected chi connectivity index (χ0v) is 19.5. The van der Waals surface area contributed by atoms with E-state index < -0.39 is 12.2 Å². The lowest BCUT2D eigenvalue weighted by Gasteiger charge is -2.17. The molecule has 2 N–H and O–H groups in total. The second kappa shape index (κ2) is 11.6. The molecule has 2 atom stereocenters. The molecule has 3 aromatic rings. The molecule has 3 aromatic carbocycles. The largest absolute Gasteiger partial charge is 0.493 e. The first-order chi connectivity index (χ1) is 16.4. The second-order valence-corrected chi connectivity index (χ2v) is 7.38. The van der Waals surface area contributed by atoms with E-state index in [1.807, 2.05) is 12.1 Å². The molecule has 0 radical (unpaired) electrons. The van der Waals surface area contributed by atoms with Gasteiger partial charge in [-0.3, -0.25) is 9.59 Å². The Morgan fingerprint density at radius 2 is 0.912 bits per heavy atom. The summed E-state index contributed by atoms with van der Waals surface area (Å²) < 4.78 is 21.9. The van der Waals surface area contributed by atoms with Crippen molar-refractivity contribution in [3.63, 3.8) is 0 Å². The molecule has 178 valence electrons. The quantitative estimate of drug-likeness (QED) is 0.458. The topological polar surface area (TPSA) is 95.1 Å². The van der Waals surface area contributed by atoms with Gasteiger partial charge >= 0.3 is 0 Å². The van der Waals surface area contributed by atoms with E-state index in [4.69, 9.17) is 18.9 Å². The van der Waals surface area contributed by atoms with E-state index in [-0.39, 0.29) is 11.8 Å². The first-order valence-corrected chi connectivity index (χ1v) is 10.7. The van der Waals surface area contributed by atoms with Gasteiger partial charge in [-0.05, 0) is 62.4 Å². The van der Waals surface area contributed by atoms with Gasteiger partial charge in [-0.1, -0.05) is 24.3 Å². The number of methoxy groups -OCH3 is 2. The van der Waals surface area contributed by atoms with Crippen LogP contribution in [0.2, 0.25) is 0 Å². The number of para-hydroxylation sites is 4. The van der Waals surface area contributed by atoms with Crippen molar-refractivity contribution in [2.45, 2.75) is 26.1 Å². The van der Waals surface area contributed by atoms with Crippen molar-refractivity contribution in [3.05, 3.63) is 72.8 Å². The van der Waals surface area contributed by atoms with E-state index in [0.29, 0.717) is 34.4 Å². The molecule has 0 aliphatic rings. The zero-order chi connectivity index (χ0) is 24.5. The van der Waals surface area contributed by atoms with Crippen LogP contribution in [0, 0.1) is 0 Å². The van der Waals surface area contributed by atoms with E-state index in [0.717, 1.165) is 0 Å². The molecule has 0 fully saturated rings. The van der Waals surface area contributed by atoms with Crippen LogP contribution < -0.4 is 29.6 Å². The summed E-state index contributed by atoms with van der Waals surface area (Å²) in [5.74, 6) is 1.42. The summed E-state index contributed by atoms with van der Waals surface area (Å²) in [6, 6.07) is 21.0. The summed E-state index contributed by atoms with van der Waals surface area (Å²) in [4.78, 5) is 25.0. The molecule has 0 saturated heterocycles. The fraction of sp³-hybridized carbons (Fsp3) is 0.231. The van der Waals surface area contributed by atoms with Crippen LogP contribution in [-0.2, 0) is 9.59 Å². The predicted octanol–water partition coefficient (Wildman–Crippen LogP) is 4.52. The van der Waals surface area contributed by atoms with Crippen LogP contribution in [0.4, 0.5) is 11.4 Å². The molecule has 0 bridgehead atoms. The molecule has 0 aromatic heterocycles. The van der Waals surface area contributed by atoms with Gasteiger partial charge in [-0.25, -0.2) is 0 Å². The number of rotatable bonds is 10. The van der Waals surface area contributed by atoms with Crippen LogP contribution in [0.15, 0.2) is 72.8 Å². The molecule has 8 nitrogen and oxygen atoms in total. The number of anilines is 2. The molecule has 0 saturated carbocycles. The lowest BCUT2D eigenvalue weighted by atomic mass is 10.2. The summed E-state index contributed by atoms with van der Waals surface area (Å²) in [6.45, 7) is 3.30. The number of hydrogen-bond acceptors (Lipinski definition) is 6. The lowest BCUT2D eigenvalue weighted by Crippen LogP contribution is -2.30. The highest BCUT2D eigenvalue weighted by atomic mass is 16.5. The van der Waals surface area contributed by atoms with Crippen molar-refractivity contribution >= 4 is 23.2 Å². The van der Waals surface area contributed by atoms with E-state index in [1.165, 1.54) is 0 Å². The Balaban J connectivity index is 1.54. The van der Waals surface area contributed by atoms with Crippen molar-refractivity contribution < 1.29 is 28.5 Å². The minimum absolute atomic E-state index is 0.318. The zero-order valence-electron chi connectivity index (χ0n) is 19.5. The smallest absolute Gasteiger partial charge is 0.265 e. The minimum atomic E-state index is -0.747. The number of ether oxygens (including phenoxy) is 4. The van der Waals surface area contributed by atoms with E-state index in [9.17, 15) is 9.59 Å². The molecule has 0 heterocycles. The molecule has 3 rings (SSSR count). The Bertz CT molecular complexity index is 1030. The molecule has 0 spiro atoms. The lowest BCUT2D eigenvalue weighted by molar-refractivity contribution is -0.122. The third kappa shape index (κ3) is 6.41. The number of carbonyl (C=O) groups excluding carboxylic acids is 2. The number of carbonyl (C=O) groups is 2. The van der Waals surface area contributed by atoms with Gasteiger partial charge in [-0.15, -0.1) is 0 Å². The first-order valence-electron chi connectivity index (χ1n) is 10.7. The Kier molecular flexibility index (Phi) is 8.34. The Morgan fingerprint density at radius 1 is 0.588 bits per heavy atom. The molecule has 8 heteroatoms. The molecule has 0 aliphatic heterocycles. The average Bonchev–Trinajstić information content (AvgIpc) is 2.85. The van der Waals surface area contributed by atoms with Crippen LogP contribution in [0.25, 0.3) is 0 Å². The predicted molar refractivity (Wildman–Crippen MR) is 130 cm³/mol. The molecule has 34 heavy (non-hydrogen) atoms. The van der Waals surface area contributed by atoms with Crippen molar-refractivity contribution in [3.8, 4) is 23.0 Å². The van der Waals surface area contributed by atoms with Gasteiger partial charge in [0.25, 0.3) is 11.8 Å². The fourth-order valence-corrected chi connectivity index (χ4v) is 3.04. The van der Waals surface area contributed by atoms with Crippen molar-refractivity contribution in [2.24, 2.45) is 0 Å². The van der Waals surface area contributed by atoms with Gasteiger partial charge in [0, 0.05) is 11.4 Å². The normalized spacial score (nSPS) is 12.1. The van der Waals surface area contributed by atoms with Crippen LogP contribution in [-0.4, -0.2) is 38.2 Å². The summed E-state index contributed by atoms with van der Waals surface area (Å²) in [5.41, 5.74) is 1.13. The van der Waals surface area contributed by atoms with Gasteiger partial charge in [0.2, 0.25) is 0 Å². The minimum Gasteiger partial charge on any atom is -0.493 e. The highest BCUT2D eigenvalue weighted by Gasteiger charge is 2.18. The number of amides is 2. The number of benzene rings is 3.